The second-order valence-electron chi connectivity index (χ2n) is 11.4. The second-order valence-corrected chi connectivity index (χ2v) is 11.4. The molecule has 1 fully saturated rings. The van der Waals surface area contributed by atoms with E-state index in [9.17, 15) is 9.18 Å². The minimum Gasteiger partial charge on any atom is -0.311 e. The van der Waals surface area contributed by atoms with E-state index in [1.807, 2.05) is 22.7 Å². The van der Waals surface area contributed by atoms with Crippen molar-refractivity contribution in [2.75, 3.05) is 31.1 Å². The number of anilines is 1. The van der Waals surface area contributed by atoms with Gasteiger partial charge in [0, 0.05) is 49.5 Å². The van der Waals surface area contributed by atoms with Crippen LogP contribution in [0.2, 0.25) is 0 Å². The molecular weight excluding hydrogens is 467 g/mol. The Balaban J connectivity index is 1.35. The molecule has 37 heavy (non-hydrogen) atoms. The Bertz CT molecular complexity index is 1260. The Morgan fingerprint density at radius 2 is 1.95 bits per heavy atom. The zero-order chi connectivity index (χ0) is 26.3. The summed E-state index contributed by atoms with van der Waals surface area (Å²) in [5, 5.41) is 8.22. The summed E-state index contributed by atoms with van der Waals surface area (Å²) in [6.07, 6.45) is 4.62. The van der Waals surface area contributed by atoms with Crippen LogP contribution in [0.15, 0.2) is 42.7 Å². The third kappa shape index (κ3) is 5.45. The number of nitrogens with zero attached hydrogens (tertiary/aromatic N) is 5. The van der Waals surface area contributed by atoms with Crippen molar-refractivity contribution >= 4 is 11.6 Å². The van der Waals surface area contributed by atoms with Crippen LogP contribution in [0.4, 0.5) is 10.1 Å². The SMILES string of the molecule is Cc1cn(C[C@H]2CN[C@H](C)CN2CC(=O)N2CC(C)(C)c3ncc(Cc4ccc(F)cc4)cc32)nc1C. The highest BCUT2D eigenvalue weighted by atomic mass is 19.1. The zero-order valence-electron chi connectivity index (χ0n) is 22.5. The maximum Gasteiger partial charge on any atom is 0.241 e. The molecule has 0 unspecified atom stereocenters. The lowest BCUT2D eigenvalue weighted by Gasteiger charge is -2.39. The number of benzene rings is 1. The van der Waals surface area contributed by atoms with Gasteiger partial charge in [-0.05, 0) is 62.1 Å². The van der Waals surface area contributed by atoms with Gasteiger partial charge in [0.15, 0.2) is 0 Å². The van der Waals surface area contributed by atoms with Crippen molar-refractivity contribution in [2.24, 2.45) is 0 Å². The highest BCUT2D eigenvalue weighted by Gasteiger charge is 2.40. The fourth-order valence-electron chi connectivity index (χ4n) is 5.53. The van der Waals surface area contributed by atoms with Gasteiger partial charge in [-0.25, -0.2) is 4.39 Å². The van der Waals surface area contributed by atoms with Gasteiger partial charge in [-0.3, -0.25) is 19.4 Å². The highest BCUT2D eigenvalue weighted by Crippen LogP contribution is 2.39. The first-order valence-corrected chi connectivity index (χ1v) is 13.1. The molecule has 2 aromatic heterocycles. The van der Waals surface area contributed by atoms with E-state index in [1.54, 1.807) is 12.1 Å². The second kappa shape index (κ2) is 9.99. The normalized spacial score (nSPS) is 21.3. The molecular formula is C29H37FN6O. The third-order valence-corrected chi connectivity index (χ3v) is 7.69. The van der Waals surface area contributed by atoms with E-state index >= 15 is 0 Å². The average molecular weight is 505 g/mol. The molecule has 5 rings (SSSR count). The lowest BCUT2D eigenvalue weighted by molar-refractivity contribution is -0.120. The lowest BCUT2D eigenvalue weighted by atomic mass is 9.91. The number of piperazine rings is 1. The third-order valence-electron chi connectivity index (χ3n) is 7.69. The smallest absolute Gasteiger partial charge is 0.241 e. The molecule has 1 N–H and O–H groups in total. The summed E-state index contributed by atoms with van der Waals surface area (Å²) in [4.78, 5) is 22.8. The van der Waals surface area contributed by atoms with E-state index in [4.69, 9.17) is 4.98 Å². The van der Waals surface area contributed by atoms with Crippen LogP contribution in [0.5, 0.6) is 0 Å². The fourth-order valence-corrected chi connectivity index (χ4v) is 5.53. The molecule has 0 bridgehead atoms. The molecule has 0 radical (unpaired) electrons. The summed E-state index contributed by atoms with van der Waals surface area (Å²) in [6, 6.07) is 9.13. The number of carbonyl (C=O) groups excluding carboxylic acids is 1. The Morgan fingerprint density at radius 1 is 1.19 bits per heavy atom. The number of rotatable bonds is 6. The summed E-state index contributed by atoms with van der Waals surface area (Å²) in [5.74, 6) is -0.146. The van der Waals surface area contributed by atoms with E-state index < -0.39 is 0 Å². The predicted molar refractivity (Wildman–Crippen MR) is 143 cm³/mol. The number of pyridine rings is 1. The van der Waals surface area contributed by atoms with Crippen LogP contribution in [-0.2, 0) is 23.2 Å². The Labute approximate surface area is 218 Å². The number of aryl methyl sites for hydroxylation is 2. The number of hydrogen-bond donors (Lipinski definition) is 1. The average Bonchev–Trinajstić information content (AvgIpc) is 3.31. The largest absolute Gasteiger partial charge is 0.311 e. The zero-order valence-corrected chi connectivity index (χ0v) is 22.5. The number of aromatic nitrogens is 3. The molecule has 1 aromatic carbocycles. The topological polar surface area (TPSA) is 66.3 Å². The van der Waals surface area contributed by atoms with Crippen molar-refractivity contribution in [1.29, 1.82) is 0 Å². The van der Waals surface area contributed by atoms with Gasteiger partial charge in [-0.1, -0.05) is 26.0 Å². The Hall–Kier alpha value is -3.10. The minimum absolute atomic E-state index is 0.0967. The maximum absolute atomic E-state index is 13.8. The number of nitrogens with one attached hydrogen (secondary N) is 1. The molecule has 3 aromatic rings. The molecule has 0 spiro atoms. The summed E-state index contributed by atoms with van der Waals surface area (Å²) >= 11 is 0. The van der Waals surface area contributed by atoms with E-state index in [2.05, 4.69) is 55.3 Å². The quantitative estimate of drug-likeness (QED) is 0.556. The van der Waals surface area contributed by atoms with Crippen LogP contribution >= 0.6 is 0 Å². The van der Waals surface area contributed by atoms with Gasteiger partial charge in [-0.2, -0.15) is 5.10 Å². The molecule has 0 aliphatic carbocycles. The fraction of sp³-hybridized carbons (Fsp3) is 0.483. The molecule has 1 amide bonds. The van der Waals surface area contributed by atoms with Crippen LogP contribution in [-0.4, -0.2) is 63.8 Å². The van der Waals surface area contributed by atoms with Crippen LogP contribution in [0.1, 0.15) is 48.8 Å². The van der Waals surface area contributed by atoms with Crippen molar-refractivity contribution < 1.29 is 9.18 Å². The van der Waals surface area contributed by atoms with Gasteiger partial charge < -0.3 is 10.2 Å². The number of hydrogen-bond acceptors (Lipinski definition) is 5. The molecule has 4 heterocycles. The van der Waals surface area contributed by atoms with Crippen LogP contribution in [0.25, 0.3) is 0 Å². The monoisotopic (exact) mass is 504 g/mol. The first-order chi connectivity index (χ1) is 17.6. The van der Waals surface area contributed by atoms with Crippen molar-refractivity contribution in [1.82, 2.24) is 25.0 Å². The first kappa shape index (κ1) is 25.5. The van der Waals surface area contributed by atoms with Gasteiger partial charge in [0.05, 0.1) is 30.2 Å². The number of halogens is 1. The molecule has 7 nitrogen and oxygen atoms in total. The predicted octanol–water partition coefficient (Wildman–Crippen LogP) is 3.61. The van der Waals surface area contributed by atoms with E-state index in [0.717, 1.165) is 47.8 Å². The summed E-state index contributed by atoms with van der Waals surface area (Å²) in [7, 11) is 0. The summed E-state index contributed by atoms with van der Waals surface area (Å²) in [5.41, 5.74) is 5.88. The molecule has 1 saturated heterocycles. The van der Waals surface area contributed by atoms with Gasteiger partial charge in [0.25, 0.3) is 0 Å². The van der Waals surface area contributed by atoms with Crippen LogP contribution in [0.3, 0.4) is 0 Å². The summed E-state index contributed by atoms with van der Waals surface area (Å²) in [6.45, 7) is 13.9. The Morgan fingerprint density at radius 3 is 2.65 bits per heavy atom. The molecule has 0 saturated carbocycles. The van der Waals surface area contributed by atoms with E-state index in [1.165, 1.54) is 17.7 Å². The van der Waals surface area contributed by atoms with E-state index in [0.29, 0.717) is 25.6 Å². The van der Waals surface area contributed by atoms with Gasteiger partial charge in [0.1, 0.15) is 5.82 Å². The molecule has 196 valence electrons. The number of carbonyl (C=O) groups is 1. The van der Waals surface area contributed by atoms with Crippen molar-refractivity contribution in [3.63, 3.8) is 0 Å². The number of amides is 1. The molecule has 2 atom stereocenters. The molecule has 2 aliphatic rings. The van der Waals surface area contributed by atoms with Crippen molar-refractivity contribution in [2.45, 2.75) is 65.1 Å². The number of fused-ring (bicyclic) bond motifs is 1. The van der Waals surface area contributed by atoms with Gasteiger partial charge in [-0.15, -0.1) is 0 Å². The van der Waals surface area contributed by atoms with Crippen molar-refractivity contribution in [3.8, 4) is 0 Å². The summed E-state index contributed by atoms with van der Waals surface area (Å²) < 4.78 is 15.4. The molecule has 2 aliphatic heterocycles. The van der Waals surface area contributed by atoms with Crippen LogP contribution < -0.4 is 10.2 Å². The Kier molecular flexibility index (Phi) is 6.89. The van der Waals surface area contributed by atoms with Crippen molar-refractivity contribution in [3.05, 3.63) is 76.6 Å². The molecule has 8 heteroatoms. The van der Waals surface area contributed by atoms with Gasteiger partial charge >= 0.3 is 0 Å². The van der Waals surface area contributed by atoms with E-state index in [-0.39, 0.29) is 23.2 Å². The standard InChI is InChI=1S/C29H37FN6O/c1-19-14-35(33-21(19)3)16-25-13-31-20(2)15-34(25)17-27(37)36-18-29(4,5)28-26(36)11-23(12-32-28)10-22-6-8-24(30)9-7-22/h6-9,11-12,14,20,25,31H,10,13,15-18H2,1-5H3/t20-,25-/m1/s1. The van der Waals surface area contributed by atoms with Gasteiger partial charge in [0.2, 0.25) is 5.91 Å². The maximum atomic E-state index is 13.8. The highest BCUT2D eigenvalue weighted by molar-refractivity contribution is 5.97. The minimum atomic E-state index is -0.243. The first-order valence-electron chi connectivity index (χ1n) is 13.1. The lowest BCUT2D eigenvalue weighted by Crippen LogP contribution is -2.59. The van der Waals surface area contributed by atoms with Crippen LogP contribution in [0, 0.1) is 19.7 Å².